The minimum absolute atomic E-state index is 0.0624. The molecule has 0 bridgehead atoms. The van der Waals surface area contributed by atoms with Gasteiger partial charge in [-0.1, -0.05) is 24.6 Å². The van der Waals surface area contributed by atoms with Gasteiger partial charge in [0.15, 0.2) is 0 Å². The molecule has 5 heteroatoms. The van der Waals surface area contributed by atoms with Crippen LogP contribution in [0.2, 0.25) is 0 Å². The van der Waals surface area contributed by atoms with Crippen molar-refractivity contribution in [2.24, 2.45) is 5.92 Å². The van der Waals surface area contributed by atoms with Gasteiger partial charge in [-0.2, -0.15) is 0 Å². The van der Waals surface area contributed by atoms with Crippen LogP contribution in [0.5, 0.6) is 0 Å². The van der Waals surface area contributed by atoms with E-state index in [2.05, 4.69) is 6.92 Å². The molecule has 0 unspecified atom stereocenters. The lowest BCUT2D eigenvalue weighted by Crippen LogP contribution is -2.45. The van der Waals surface area contributed by atoms with E-state index in [1.165, 1.54) is 5.56 Å². The summed E-state index contributed by atoms with van der Waals surface area (Å²) in [5.74, 6) is 0.778. The normalized spacial score (nSPS) is 19.6. The lowest BCUT2D eigenvalue weighted by molar-refractivity contribution is -0.132. The fourth-order valence-corrected chi connectivity index (χ4v) is 3.21. The summed E-state index contributed by atoms with van der Waals surface area (Å²) in [5, 5.41) is 0. The molecule has 2 aliphatic rings. The molecule has 2 fully saturated rings. The number of benzene rings is 1. The second kappa shape index (κ2) is 6.60. The molecule has 1 aromatic rings. The number of piperidine rings is 1. The number of carbonyl (C=O) groups excluding carboxylic acids is 2. The van der Waals surface area contributed by atoms with E-state index < -0.39 is 0 Å². The van der Waals surface area contributed by atoms with Crippen LogP contribution in [0, 0.1) is 12.8 Å². The van der Waals surface area contributed by atoms with Crippen molar-refractivity contribution in [3.05, 3.63) is 29.8 Å². The first-order valence-electron chi connectivity index (χ1n) is 8.45. The van der Waals surface area contributed by atoms with Crippen LogP contribution >= 0.6 is 0 Å². The van der Waals surface area contributed by atoms with E-state index in [0.717, 1.165) is 31.6 Å². The molecule has 3 amide bonds. The highest BCUT2D eigenvalue weighted by molar-refractivity contribution is 5.96. The zero-order valence-corrected chi connectivity index (χ0v) is 14.0. The average molecular weight is 315 g/mol. The third kappa shape index (κ3) is 3.49. The van der Waals surface area contributed by atoms with E-state index in [4.69, 9.17) is 0 Å². The van der Waals surface area contributed by atoms with Crippen LogP contribution in [0.4, 0.5) is 10.5 Å². The van der Waals surface area contributed by atoms with Gasteiger partial charge in [-0.25, -0.2) is 4.79 Å². The third-order valence-electron chi connectivity index (χ3n) is 4.90. The summed E-state index contributed by atoms with van der Waals surface area (Å²) in [5.41, 5.74) is 2.08. The Kier molecular flexibility index (Phi) is 4.55. The SMILES string of the molecule is Cc1ccc(N2CCN(CC(=O)N3CCC(C)CC3)C2=O)cc1. The van der Waals surface area contributed by atoms with Gasteiger partial charge in [-0.15, -0.1) is 0 Å². The fourth-order valence-electron chi connectivity index (χ4n) is 3.21. The standard InChI is InChI=1S/C18H25N3O2/c1-14-3-5-16(6-4-14)21-12-11-20(18(21)23)13-17(22)19-9-7-15(2)8-10-19/h3-6,15H,7-13H2,1-2H3. The molecule has 0 atom stereocenters. The van der Waals surface area contributed by atoms with Gasteiger partial charge in [0.05, 0.1) is 0 Å². The number of amides is 3. The zero-order chi connectivity index (χ0) is 16.4. The maximum Gasteiger partial charge on any atom is 0.325 e. The molecule has 1 aromatic carbocycles. The van der Waals surface area contributed by atoms with Gasteiger partial charge in [0.1, 0.15) is 6.54 Å². The monoisotopic (exact) mass is 315 g/mol. The molecular weight excluding hydrogens is 290 g/mol. The van der Waals surface area contributed by atoms with Gasteiger partial charge < -0.3 is 9.80 Å². The van der Waals surface area contributed by atoms with Crippen molar-refractivity contribution in [2.75, 3.05) is 37.6 Å². The Hall–Kier alpha value is -2.04. The molecule has 2 saturated heterocycles. The smallest absolute Gasteiger partial charge is 0.325 e. The number of rotatable bonds is 3. The van der Waals surface area contributed by atoms with Crippen molar-refractivity contribution in [3.63, 3.8) is 0 Å². The largest absolute Gasteiger partial charge is 0.341 e. The van der Waals surface area contributed by atoms with Crippen molar-refractivity contribution in [1.29, 1.82) is 0 Å². The van der Waals surface area contributed by atoms with E-state index in [9.17, 15) is 9.59 Å². The van der Waals surface area contributed by atoms with Crippen LogP contribution in [-0.4, -0.2) is 54.5 Å². The minimum Gasteiger partial charge on any atom is -0.341 e. The van der Waals surface area contributed by atoms with Crippen LogP contribution in [0.25, 0.3) is 0 Å². The lowest BCUT2D eigenvalue weighted by atomic mass is 9.99. The predicted molar refractivity (Wildman–Crippen MR) is 90.5 cm³/mol. The van der Waals surface area contributed by atoms with E-state index in [1.54, 1.807) is 9.80 Å². The topological polar surface area (TPSA) is 43.9 Å². The molecule has 0 radical (unpaired) electrons. The van der Waals surface area contributed by atoms with Crippen molar-refractivity contribution in [1.82, 2.24) is 9.80 Å². The molecule has 0 aliphatic carbocycles. The summed E-state index contributed by atoms with van der Waals surface area (Å²) in [6.45, 7) is 7.36. The van der Waals surface area contributed by atoms with Crippen molar-refractivity contribution >= 4 is 17.6 Å². The second-order valence-corrected chi connectivity index (χ2v) is 6.75. The molecule has 0 aromatic heterocycles. The number of anilines is 1. The molecule has 0 N–H and O–H groups in total. The first-order chi connectivity index (χ1) is 11.0. The average Bonchev–Trinajstić information content (AvgIpc) is 2.90. The van der Waals surface area contributed by atoms with Gasteiger partial charge >= 0.3 is 6.03 Å². The molecule has 5 nitrogen and oxygen atoms in total. The maximum absolute atomic E-state index is 12.5. The van der Waals surface area contributed by atoms with Gasteiger partial charge in [0.25, 0.3) is 0 Å². The van der Waals surface area contributed by atoms with Crippen LogP contribution in [0.15, 0.2) is 24.3 Å². The highest BCUT2D eigenvalue weighted by Crippen LogP contribution is 2.21. The molecule has 124 valence electrons. The predicted octanol–water partition coefficient (Wildman–Crippen LogP) is 2.50. The number of aryl methyl sites for hydroxylation is 1. The maximum atomic E-state index is 12.5. The quantitative estimate of drug-likeness (QED) is 0.860. The van der Waals surface area contributed by atoms with Crippen molar-refractivity contribution in [2.45, 2.75) is 26.7 Å². The third-order valence-corrected chi connectivity index (χ3v) is 4.90. The van der Waals surface area contributed by atoms with Gasteiger partial charge in [0, 0.05) is 31.9 Å². The number of likely N-dealkylation sites (tertiary alicyclic amines) is 1. The molecule has 3 rings (SSSR count). The minimum atomic E-state index is -0.0624. The Balaban J connectivity index is 1.58. The Morgan fingerprint density at radius 1 is 1.09 bits per heavy atom. The molecule has 23 heavy (non-hydrogen) atoms. The second-order valence-electron chi connectivity index (χ2n) is 6.75. The first kappa shape index (κ1) is 15.8. The van der Waals surface area contributed by atoms with E-state index in [-0.39, 0.29) is 18.5 Å². The molecule has 2 aliphatic heterocycles. The summed E-state index contributed by atoms with van der Waals surface area (Å²) in [7, 11) is 0. The summed E-state index contributed by atoms with van der Waals surface area (Å²) in [6, 6.07) is 7.87. The Bertz CT molecular complexity index is 576. The number of hydrogen-bond acceptors (Lipinski definition) is 2. The van der Waals surface area contributed by atoms with Crippen molar-refractivity contribution in [3.8, 4) is 0 Å². The number of hydrogen-bond donors (Lipinski definition) is 0. The first-order valence-corrected chi connectivity index (χ1v) is 8.45. The Morgan fingerprint density at radius 2 is 1.74 bits per heavy atom. The zero-order valence-electron chi connectivity index (χ0n) is 14.0. The summed E-state index contributed by atoms with van der Waals surface area (Å²) >= 11 is 0. The van der Waals surface area contributed by atoms with E-state index >= 15 is 0 Å². The highest BCUT2D eigenvalue weighted by Gasteiger charge is 2.32. The van der Waals surface area contributed by atoms with Gasteiger partial charge in [-0.3, -0.25) is 9.69 Å². The van der Waals surface area contributed by atoms with Crippen LogP contribution in [-0.2, 0) is 4.79 Å². The van der Waals surface area contributed by atoms with E-state index in [1.807, 2.05) is 36.1 Å². The van der Waals surface area contributed by atoms with E-state index in [0.29, 0.717) is 19.0 Å². The number of urea groups is 1. The Labute approximate surface area is 137 Å². The van der Waals surface area contributed by atoms with Gasteiger partial charge in [0.2, 0.25) is 5.91 Å². The number of carbonyl (C=O) groups is 2. The van der Waals surface area contributed by atoms with Gasteiger partial charge in [-0.05, 0) is 37.8 Å². The fraction of sp³-hybridized carbons (Fsp3) is 0.556. The Morgan fingerprint density at radius 3 is 2.39 bits per heavy atom. The molecule has 2 heterocycles. The van der Waals surface area contributed by atoms with Crippen molar-refractivity contribution < 1.29 is 9.59 Å². The lowest BCUT2D eigenvalue weighted by Gasteiger charge is -2.31. The van der Waals surface area contributed by atoms with Crippen LogP contribution < -0.4 is 4.90 Å². The molecule has 0 saturated carbocycles. The summed E-state index contributed by atoms with van der Waals surface area (Å²) in [4.78, 5) is 30.3. The number of nitrogens with zero attached hydrogens (tertiary/aromatic N) is 3. The van der Waals surface area contributed by atoms with Crippen LogP contribution in [0.1, 0.15) is 25.3 Å². The highest BCUT2D eigenvalue weighted by atomic mass is 16.2. The molecule has 0 spiro atoms. The summed E-state index contributed by atoms with van der Waals surface area (Å²) in [6.07, 6.45) is 2.13. The summed E-state index contributed by atoms with van der Waals surface area (Å²) < 4.78 is 0. The molecular formula is C18H25N3O2. The van der Waals surface area contributed by atoms with Crippen LogP contribution in [0.3, 0.4) is 0 Å².